The highest BCUT2D eigenvalue weighted by Crippen LogP contribution is 2.19. The molecule has 2 N–H and O–H groups in total. The topological polar surface area (TPSA) is 82.1 Å². The largest absolute Gasteiger partial charge is 0.378 e. The number of hydrogen-bond donors (Lipinski definition) is 2. The number of guanidine groups is 1. The Balaban J connectivity index is 0.00000300. The highest BCUT2D eigenvalue weighted by molar-refractivity contribution is 14.0. The van der Waals surface area contributed by atoms with E-state index < -0.39 is 0 Å². The van der Waals surface area contributed by atoms with Gasteiger partial charge in [0.1, 0.15) is 5.82 Å². The fourth-order valence-corrected chi connectivity index (χ4v) is 3.54. The Kier molecular flexibility index (Phi) is 10.5. The molecule has 29 heavy (non-hydrogen) atoms. The number of halogens is 1. The summed E-state index contributed by atoms with van der Waals surface area (Å²) in [6.45, 7) is 9.14. The number of nitrogens with zero attached hydrogens (tertiary/aromatic N) is 4. The first kappa shape index (κ1) is 23.7. The van der Waals surface area contributed by atoms with Crippen LogP contribution in [0.3, 0.4) is 0 Å². The van der Waals surface area contributed by atoms with Crippen molar-refractivity contribution in [2.24, 2.45) is 4.99 Å². The number of aliphatic imine (C=N–C) groups is 1. The van der Waals surface area contributed by atoms with E-state index in [-0.39, 0.29) is 29.9 Å². The van der Waals surface area contributed by atoms with Gasteiger partial charge in [0.25, 0.3) is 0 Å². The molecule has 8 nitrogen and oxygen atoms in total. The minimum Gasteiger partial charge on any atom is -0.378 e. The summed E-state index contributed by atoms with van der Waals surface area (Å²) in [5.41, 5.74) is 1.12. The van der Waals surface area contributed by atoms with Gasteiger partial charge in [-0.1, -0.05) is 6.07 Å². The third-order valence-corrected chi connectivity index (χ3v) is 5.00. The number of hydrogen-bond acceptors (Lipinski definition) is 5. The summed E-state index contributed by atoms with van der Waals surface area (Å²) in [4.78, 5) is 25.2. The highest BCUT2D eigenvalue weighted by Gasteiger charge is 2.19. The summed E-state index contributed by atoms with van der Waals surface area (Å²) in [5, 5.41) is 6.67. The maximum atomic E-state index is 11.7. The summed E-state index contributed by atoms with van der Waals surface area (Å²) in [7, 11) is 0. The third kappa shape index (κ3) is 7.29. The SMILES string of the molecule is CCNC(=NCc1cccnc1N1CCOCC1)NCCCN1CCCC1=O.I. The average molecular weight is 516 g/mol. The number of morpholine rings is 1. The first-order valence-electron chi connectivity index (χ1n) is 10.3. The number of aromatic nitrogens is 1. The van der Waals surface area contributed by atoms with Crippen LogP contribution >= 0.6 is 24.0 Å². The van der Waals surface area contributed by atoms with E-state index in [1.807, 2.05) is 17.2 Å². The summed E-state index contributed by atoms with van der Waals surface area (Å²) in [6, 6.07) is 4.05. The molecule has 162 valence electrons. The van der Waals surface area contributed by atoms with Crippen molar-refractivity contribution >= 4 is 41.7 Å². The third-order valence-electron chi connectivity index (χ3n) is 5.00. The molecule has 1 aromatic heterocycles. The standard InChI is InChI=1S/C20H32N6O2.HI/c1-2-21-20(23-9-5-11-25-10-4-7-18(25)27)24-16-17-6-3-8-22-19(17)26-12-14-28-15-13-26;/h3,6,8H,2,4-5,7,9-16H2,1H3,(H2,21,23,24);1H. The number of anilines is 1. The molecule has 2 fully saturated rings. The lowest BCUT2D eigenvalue weighted by Gasteiger charge is -2.29. The number of nitrogens with one attached hydrogen (secondary N) is 2. The number of likely N-dealkylation sites (tertiary alicyclic amines) is 1. The first-order valence-corrected chi connectivity index (χ1v) is 10.3. The van der Waals surface area contributed by atoms with Gasteiger partial charge in [-0.2, -0.15) is 0 Å². The van der Waals surface area contributed by atoms with Crippen molar-refractivity contribution in [1.82, 2.24) is 20.5 Å². The Hall–Kier alpha value is -1.62. The molecule has 3 heterocycles. The molecule has 2 saturated heterocycles. The molecule has 0 aliphatic carbocycles. The maximum Gasteiger partial charge on any atom is 0.222 e. The van der Waals surface area contributed by atoms with Gasteiger partial charge >= 0.3 is 0 Å². The first-order chi connectivity index (χ1) is 13.8. The second kappa shape index (κ2) is 12.8. The van der Waals surface area contributed by atoms with Gasteiger partial charge < -0.3 is 25.2 Å². The van der Waals surface area contributed by atoms with E-state index in [4.69, 9.17) is 9.73 Å². The zero-order valence-corrected chi connectivity index (χ0v) is 19.6. The lowest BCUT2D eigenvalue weighted by atomic mass is 10.2. The van der Waals surface area contributed by atoms with Crippen LogP contribution in [0.25, 0.3) is 0 Å². The summed E-state index contributed by atoms with van der Waals surface area (Å²) in [6.07, 6.45) is 4.45. The molecule has 0 atom stereocenters. The maximum absolute atomic E-state index is 11.7. The van der Waals surface area contributed by atoms with E-state index in [1.54, 1.807) is 0 Å². The Labute approximate surface area is 190 Å². The van der Waals surface area contributed by atoms with Crippen LogP contribution in [0.4, 0.5) is 5.82 Å². The highest BCUT2D eigenvalue weighted by atomic mass is 127. The monoisotopic (exact) mass is 516 g/mol. The summed E-state index contributed by atoms with van der Waals surface area (Å²) < 4.78 is 5.45. The summed E-state index contributed by atoms with van der Waals surface area (Å²) >= 11 is 0. The van der Waals surface area contributed by atoms with Crippen molar-refractivity contribution in [2.75, 3.05) is 57.4 Å². The number of pyridine rings is 1. The molecule has 3 rings (SSSR count). The van der Waals surface area contributed by atoms with Crippen molar-refractivity contribution in [2.45, 2.75) is 32.7 Å². The van der Waals surface area contributed by atoms with Gasteiger partial charge in [0, 0.05) is 57.4 Å². The van der Waals surface area contributed by atoms with Crippen LogP contribution in [0.5, 0.6) is 0 Å². The quantitative estimate of drug-likeness (QED) is 0.237. The van der Waals surface area contributed by atoms with Crippen LogP contribution in [0, 0.1) is 0 Å². The molecule has 0 spiro atoms. The van der Waals surface area contributed by atoms with Crippen LogP contribution < -0.4 is 15.5 Å². The van der Waals surface area contributed by atoms with E-state index in [2.05, 4.69) is 33.5 Å². The van der Waals surface area contributed by atoms with Crippen molar-refractivity contribution in [3.63, 3.8) is 0 Å². The molecular formula is C20H33IN6O2. The normalized spacial score (nSPS) is 17.3. The Bertz CT molecular complexity index is 666. The van der Waals surface area contributed by atoms with Crippen molar-refractivity contribution < 1.29 is 9.53 Å². The molecule has 0 unspecified atom stereocenters. The van der Waals surface area contributed by atoms with Crippen molar-refractivity contribution in [3.8, 4) is 0 Å². The van der Waals surface area contributed by atoms with Crippen molar-refractivity contribution in [3.05, 3.63) is 23.9 Å². The fraction of sp³-hybridized carbons (Fsp3) is 0.650. The minimum atomic E-state index is 0. The average Bonchev–Trinajstić information content (AvgIpc) is 3.15. The van der Waals surface area contributed by atoms with Gasteiger partial charge in [0.2, 0.25) is 5.91 Å². The Morgan fingerprint density at radius 3 is 2.83 bits per heavy atom. The molecule has 1 aromatic rings. The molecule has 0 bridgehead atoms. The number of amides is 1. The van der Waals surface area contributed by atoms with Gasteiger partial charge in [0.15, 0.2) is 5.96 Å². The second-order valence-corrected chi connectivity index (χ2v) is 7.05. The lowest BCUT2D eigenvalue weighted by molar-refractivity contribution is -0.127. The minimum absolute atomic E-state index is 0. The lowest BCUT2D eigenvalue weighted by Crippen LogP contribution is -2.39. The van der Waals surface area contributed by atoms with Gasteiger partial charge in [-0.15, -0.1) is 24.0 Å². The molecule has 0 radical (unpaired) electrons. The molecule has 1 amide bonds. The molecule has 2 aliphatic heterocycles. The molecule has 0 aromatic carbocycles. The van der Waals surface area contributed by atoms with Crippen LogP contribution in [0.15, 0.2) is 23.3 Å². The Morgan fingerprint density at radius 2 is 2.10 bits per heavy atom. The van der Waals surface area contributed by atoms with Crippen LogP contribution in [-0.4, -0.2) is 74.2 Å². The number of carbonyl (C=O) groups is 1. The van der Waals surface area contributed by atoms with E-state index >= 15 is 0 Å². The van der Waals surface area contributed by atoms with Crippen LogP contribution in [0.2, 0.25) is 0 Å². The number of ether oxygens (including phenoxy) is 1. The van der Waals surface area contributed by atoms with Gasteiger partial charge in [-0.25, -0.2) is 9.98 Å². The molecule has 2 aliphatic rings. The zero-order valence-electron chi connectivity index (χ0n) is 17.2. The van der Waals surface area contributed by atoms with Gasteiger partial charge in [0.05, 0.1) is 19.8 Å². The van der Waals surface area contributed by atoms with Gasteiger partial charge in [-0.05, 0) is 25.8 Å². The number of carbonyl (C=O) groups excluding carboxylic acids is 1. The van der Waals surface area contributed by atoms with E-state index in [0.717, 1.165) is 82.7 Å². The smallest absolute Gasteiger partial charge is 0.222 e. The van der Waals surface area contributed by atoms with Gasteiger partial charge in [-0.3, -0.25) is 4.79 Å². The molecule has 9 heteroatoms. The second-order valence-electron chi connectivity index (χ2n) is 7.05. The predicted octanol–water partition coefficient (Wildman–Crippen LogP) is 1.60. The van der Waals surface area contributed by atoms with Crippen LogP contribution in [-0.2, 0) is 16.1 Å². The Morgan fingerprint density at radius 1 is 1.28 bits per heavy atom. The fourth-order valence-electron chi connectivity index (χ4n) is 3.54. The van der Waals surface area contributed by atoms with E-state index in [1.165, 1.54) is 0 Å². The predicted molar refractivity (Wildman–Crippen MR) is 126 cm³/mol. The van der Waals surface area contributed by atoms with Crippen molar-refractivity contribution in [1.29, 1.82) is 0 Å². The van der Waals surface area contributed by atoms with E-state index in [0.29, 0.717) is 13.0 Å². The summed E-state index contributed by atoms with van der Waals surface area (Å²) in [5.74, 6) is 2.08. The van der Waals surface area contributed by atoms with E-state index in [9.17, 15) is 4.79 Å². The molecule has 0 saturated carbocycles. The molecular weight excluding hydrogens is 483 g/mol. The zero-order chi connectivity index (χ0) is 19.6. The number of rotatable bonds is 8. The van der Waals surface area contributed by atoms with Crippen LogP contribution in [0.1, 0.15) is 31.7 Å².